The van der Waals surface area contributed by atoms with Gasteiger partial charge in [-0.05, 0) is 24.6 Å². The molecule has 0 saturated carbocycles. The van der Waals surface area contributed by atoms with Crippen molar-refractivity contribution < 1.29 is 14.7 Å². The summed E-state index contributed by atoms with van der Waals surface area (Å²) < 4.78 is 0. The summed E-state index contributed by atoms with van der Waals surface area (Å²) in [6, 6.07) is 4.32. The van der Waals surface area contributed by atoms with E-state index in [4.69, 9.17) is 16.7 Å². The minimum atomic E-state index is -1.02. The van der Waals surface area contributed by atoms with Crippen LogP contribution in [0.2, 0.25) is 5.02 Å². The topological polar surface area (TPSA) is 69.6 Å². The lowest BCUT2D eigenvalue weighted by Crippen LogP contribution is -2.55. The van der Waals surface area contributed by atoms with Gasteiger partial charge in [-0.25, -0.2) is 4.79 Å². The number of amides is 1. The lowest BCUT2D eigenvalue weighted by molar-refractivity contribution is -0.123. The number of nitrogens with one attached hydrogen (secondary N) is 1. The number of benzene rings is 1. The van der Waals surface area contributed by atoms with Crippen LogP contribution in [0.5, 0.6) is 0 Å². The van der Waals surface area contributed by atoms with Crippen molar-refractivity contribution in [1.29, 1.82) is 0 Å². The highest BCUT2D eigenvalue weighted by Crippen LogP contribution is 2.30. The lowest BCUT2D eigenvalue weighted by Gasteiger charge is -2.36. The van der Waals surface area contributed by atoms with E-state index in [9.17, 15) is 9.59 Å². The summed E-state index contributed by atoms with van der Waals surface area (Å²) in [5.74, 6) is -1.04. The number of hydrogen-bond acceptors (Lipinski definition) is 3. The number of carbonyl (C=O) groups excluding carboxylic acids is 1. The van der Waals surface area contributed by atoms with E-state index >= 15 is 0 Å². The Kier molecular flexibility index (Phi) is 3.95. The summed E-state index contributed by atoms with van der Waals surface area (Å²) in [5, 5.41) is 12.1. The molecular formula is C13H15ClN2O3. The number of carboxylic acid groups (broad SMARTS) is 1. The number of carboxylic acids is 1. The standard InChI is InChI=1S/C13H15ClN2O3/c1-2-10-12(17)15-5-6-16(10)11-4-3-8(13(18)19)7-9(11)14/h3-4,7,10H,2,5-6H2,1H3,(H,15,17)(H,18,19). The third-order valence-electron chi connectivity index (χ3n) is 3.22. The summed E-state index contributed by atoms with van der Waals surface area (Å²) >= 11 is 6.14. The molecule has 2 N–H and O–H groups in total. The van der Waals surface area contributed by atoms with Gasteiger partial charge in [0.1, 0.15) is 6.04 Å². The predicted molar refractivity (Wildman–Crippen MR) is 72.8 cm³/mol. The first-order valence-electron chi connectivity index (χ1n) is 6.11. The fourth-order valence-corrected chi connectivity index (χ4v) is 2.57. The molecule has 0 spiro atoms. The van der Waals surface area contributed by atoms with E-state index in [-0.39, 0.29) is 17.5 Å². The average Bonchev–Trinajstić information content (AvgIpc) is 2.38. The maximum Gasteiger partial charge on any atom is 0.335 e. The molecule has 6 heteroatoms. The highest BCUT2D eigenvalue weighted by Gasteiger charge is 2.29. The van der Waals surface area contributed by atoms with Crippen LogP contribution < -0.4 is 10.2 Å². The highest BCUT2D eigenvalue weighted by atomic mass is 35.5. The van der Waals surface area contributed by atoms with Gasteiger partial charge in [0, 0.05) is 13.1 Å². The molecule has 1 saturated heterocycles. The van der Waals surface area contributed by atoms with Crippen LogP contribution in [-0.4, -0.2) is 36.1 Å². The smallest absolute Gasteiger partial charge is 0.335 e. The van der Waals surface area contributed by atoms with E-state index in [1.54, 1.807) is 6.07 Å². The largest absolute Gasteiger partial charge is 0.478 e. The minimum Gasteiger partial charge on any atom is -0.478 e. The fraction of sp³-hybridized carbons (Fsp3) is 0.385. The third kappa shape index (κ3) is 2.66. The van der Waals surface area contributed by atoms with E-state index in [1.807, 2.05) is 11.8 Å². The van der Waals surface area contributed by atoms with Crippen LogP contribution in [0, 0.1) is 0 Å². The Morgan fingerprint density at radius 1 is 1.58 bits per heavy atom. The zero-order chi connectivity index (χ0) is 14.0. The first-order valence-corrected chi connectivity index (χ1v) is 6.49. The summed E-state index contributed by atoms with van der Waals surface area (Å²) in [5.41, 5.74) is 0.844. The number of hydrogen-bond donors (Lipinski definition) is 2. The molecule has 0 radical (unpaired) electrons. The molecule has 1 aliphatic rings. The Morgan fingerprint density at radius 2 is 2.32 bits per heavy atom. The third-order valence-corrected chi connectivity index (χ3v) is 3.52. The summed E-state index contributed by atoms with van der Waals surface area (Å²) in [4.78, 5) is 24.6. The van der Waals surface area contributed by atoms with Crippen molar-refractivity contribution in [2.75, 3.05) is 18.0 Å². The first kappa shape index (κ1) is 13.7. The van der Waals surface area contributed by atoms with Crippen molar-refractivity contribution in [3.8, 4) is 0 Å². The molecule has 5 nitrogen and oxygen atoms in total. The van der Waals surface area contributed by atoms with Crippen LogP contribution in [0.1, 0.15) is 23.7 Å². The molecule has 2 rings (SSSR count). The lowest BCUT2D eigenvalue weighted by atomic mass is 10.1. The summed E-state index contributed by atoms with van der Waals surface area (Å²) in [7, 11) is 0. The molecule has 1 aromatic rings. The molecule has 0 aromatic heterocycles. The Bertz CT molecular complexity index is 519. The van der Waals surface area contributed by atoms with Crippen LogP contribution in [0.25, 0.3) is 0 Å². The van der Waals surface area contributed by atoms with E-state index in [2.05, 4.69) is 5.32 Å². The normalized spacial score (nSPS) is 19.2. The van der Waals surface area contributed by atoms with Gasteiger partial charge in [0.15, 0.2) is 0 Å². The van der Waals surface area contributed by atoms with Gasteiger partial charge in [-0.2, -0.15) is 0 Å². The molecule has 1 unspecified atom stereocenters. The highest BCUT2D eigenvalue weighted by molar-refractivity contribution is 6.33. The molecule has 1 atom stereocenters. The van der Waals surface area contributed by atoms with Gasteiger partial charge in [-0.1, -0.05) is 18.5 Å². The monoisotopic (exact) mass is 282 g/mol. The van der Waals surface area contributed by atoms with Crippen molar-refractivity contribution >= 4 is 29.2 Å². The van der Waals surface area contributed by atoms with E-state index in [1.165, 1.54) is 12.1 Å². The van der Waals surface area contributed by atoms with Gasteiger partial charge in [0.25, 0.3) is 0 Å². The second kappa shape index (κ2) is 5.48. The Balaban J connectivity index is 2.35. The maximum absolute atomic E-state index is 11.8. The number of carbonyl (C=O) groups is 2. The molecule has 1 aromatic carbocycles. The molecule has 1 fully saturated rings. The summed E-state index contributed by atoms with van der Waals surface area (Å²) in [6.07, 6.45) is 0.669. The van der Waals surface area contributed by atoms with Crippen molar-refractivity contribution in [1.82, 2.24) is 5.32 Å². The molecule has 1 heterocycles. The predicted octanol–water partition coefficient (Wildman–Crippen LogP) is 1.75. The number of halogens is 1. The van der Waals surface area contributed by atoms with Crippen LogP contribution in [0.3, 0.4) is 0 Å². The number of piperazine rings is 1. The van der Waals surface area contributed by atoms with E-state index < -0.39 is 5.97 Å². The molecule has 1 amide bonds. The summed E-state index contributed by atoms with van der Waals surface area (Å²) in [6.45, 7) is 3.16. The Morgan fingerprint density at radius 3 is 2.89 bits per heavy atom. The van der Waals surface area contributed by atoms with Gasteiger partial charge in [-0.3, -0.25) is 4.79 Å². The van der Waals surface area contributed by atoms with Crippen molar-refractivity contribution in [2.24, 2.45) is 0 Å². The zero-order valence-electron chi connectivity index (χ0n) is 10.5. The van der Waals surface area contributed by atoms with Crippen LogP contribution >= 0.6 is 11.6 Å². The second-order valence-electron chi connectivity index (χ2n) is 4.38. The maximum atomic E-state index is 11.8. The van der Waals surface area contributed by atoms with Crippen LogP contribution in [-0.2, 0) is 4.79 Å². The Labute approximate surface area is 116 Å². The molecule has 0 bridgehead atoms. The minimum absolute atomic E-state index is 0.0212. The Hall–Kier alpha value is -1.75. The van der Waals surface area contributed by atoms with Crippen molar-refractivity contribution in [3.05, 3.63) is 28.8 Å². The zero-order valence-corrected chi connectivity index (χ0v) is 11.3. The fourth-order valence-electron chi connectivity index (χ4n) is 2.28. The van der Waals surface area contributed by atoms with Crippen LogP contribution in [0.15, 0.2) is 18.2 Å². The number of nitrogens with zero attached hydrogens (tertiary/aromatic N) is 1. The molecule has 19 heavy (non-hydrogen) atoms. The second-order valence-corrected chi connectivity index (χ2v) is 4.79. The van der Waals surface area contributed by atoms with E-state index in [0.29, 0.717) is 30.2 Å². The quantitative estimate of drug-likeness (QED) is 0.886. The number of aromatic carboxylic acids is 1. The van der Waals surface area contributed by atoms with Crippen molar-refractivity contribution in [3.63, 3.8) is 0 Å². The molecule has 1 aliphatic heterocycles. The molecule has 0 aliphatic carbocycles. The van der Waals surface area contributed by atoms with Gasteiger partial charge < -0.3 is 15.3 Å². The van der Waals surface area contributed by atoms with E-state index in [0.717, 1.165) is 0 Å². The molecular weight excluding hydrogens is 268 g/mol. The number of anilines is 1. The first-order chi connectivity index (χ1) is 9.04. The number of rotatable bonds is 3. The average molecular weight is 283 g/mol. The van der Waals surface area contributed by atoms with Crippen molar-refractivity contribution in [2.45, 2.75) is 19.4 Å². The van der Waals surface area contributed by atoms with Gasteiger partial charge >= 0.3 is 5.97 Å². The van der Waals surface area contributed by atoms with Crippen LogP contribution in [0.4, 0.5) is 5.69 Å². The van der Waals surface area contributed by atoms with Gasteiger partial charge in [0.05, 0.1) is 16.3 Å². The molecule has 102 valence electrons. The SMILES string of the molecule is CCC1C(=O)NCCN1c1ccc(C(=O)O)cc1Cl. The van der Waals surface area contributed by atoms with Gasteiger partial charge in [0.2, 0.25) is 5.91 Å². The van der Waals surface area contributed by atoms with Gasteiger partial charge in [-0.15, -0.1) is 0 Å².